The Morgan fingerprint density at radius 2 is 1.97 bits per heavy atom. The minimum absolute atomic E-state index is 0.0894. The summed E-state index contributed by atoms with van der Waals surface area (Å²) in [6, 6.07) is 10.5. The summed E-state index contributed by atoms with van der Waals surface area (Å²) in [5.41, 5.74) is 1.06. The molecule has 0 radical (unpaired) electrons. The van der Waals surface area contributed by atoms with E-state index in [1.807, 2.05) is 25.1 Å². The second-order valence-corrected chi connectivity index (χ2v) is 7.37. The van der Waals surface area contributed by atoms with Crippen LogP contribution < -0.4 is 19.0 Å². The summed E-state index contributed by atoms with van der Waals surface area (Å²) < 4.78 is 24.1. The summed E-state index contributed by atoms with van der Waals surface area (Å²) in [4.78, 5) is 29.6. The molecule has 8 nitrogen and oxygen atoms in total. The zero-order valence-electron chi connectivity index (χ0n) is 16.5. The van der Waals surface area contributed by atoms with E-state index in [0.717, 1.165) is 4.70 Å². The molecule has 30 heavy (non-hydrogen) atoms. The second-order valence-electron chi connectivity index (χ2n) is 6.36. The first kappa shape index (κ1) is 20.0. The van der Waals surface area contributed by atoms with Gasteiger partial charge in [-0.25, -0.2) is 0 Å². The highest BCUT2D eigenvalue weighted by Crippen LogP contribution is 2.31. The maximum absolute atomic E-state index is 12.9. The van der Waals surface area contributed by atoms with Crippen LogP contribution in [0.2, 0.25) is 0 Å². The Morgan fingerprint density at radius 1 is 1.17 bits per heavy atom. The molecule has 0 aliphatic carbocycles. The lowest BCUT2D eigenvalue weighted by Gasteiger charge is -2.18. The fraction of sp³-hybridized carbons (Fsp3) is 0.286. The van der Waals surface area contributed by atoms with Crippen LogP contribution in [0.1, 0.15) is 17.3 Å². The van der Waals surface area contributed by atoms with Crippen LogP contribution in [0.15, 0.2) is 41.4 Å². The quantitative estimate of drug-likeness (QED) is 0.581. The molecule has 0 fully saturated rings. The third-order valence-corrected chi connectivity index (χ3v) is 5.51. The normalized spacial score (nSPS) is 13.3. The van der Waals surface area contributed by atoms with Gasteiger partial charge in [0.25, 0.3) is 5.91 Å². The Kier molecular flexibility index (Phi) is 5.71. The van der Waals surface area contributed by atoms with Crippen molar-refractivity contribution < 1.29 is 28.5 Å². The molecule has 0 saturated heterocycles. The van der Waals surface area contributed by atoms with Gasteiger partial charge in [0, 0.05) is 5.56 Å². The zero-order chi connectivity index (χ0) is 21.1. The Balaban J connectivity index is 1.81. The van der Waals surface area contributed by atoms with Crippen LogP contribution in [0.5, 0.6) is 17.2 Å². The third kappa shape index (κ3) is 3.88. The van der Waals surface area contributed by atoms with Gasteiger partial charge in [-0.2, -0.15) is 4.99 Å². The number of carbonyl (C=O) groups is 2. The summed E-state index contributed by atoms with van der Waals surface area (Å²) in [5.74, 6) is 0.828. The smallest absolute Gasteiger partial charge is 0.325 e. The SMILES string of the molecule is CCOc1cccc2sc(=NC(=O)c3ccc4c(c3)OCCO4)n(CC(=O)OC)c12. The van der Waals surface area contributed by atoms with E-state index in [4.69, 9.17) is 18.9 Å². The number of thiazole rings is 1. The molecule has 1 aromatic heterocycles. The summed E-state index contributed by atoms with van der Waals surface area (Å²) in [5, 5.41) is 0. The molecule has 0 atom stereocenters. The van der Waals surface area contributed by atoms with Crippen molar-refractivity contribution in [2.24, 2.45) is 4.99 Å². The van der Waals surface area contributed by atoms with Crippen LogP contribution >= 0.6 is 11.3 Å². The number of ether oxygens (including phenoxy) is 4. The molecule has 0 spiro atoms. The van der Waals surface area contributed by atoms with Crippen molar-refractivity contribution in [3.63, 3.8) is 0 Å². The standard InChI is InChI=1S/C21H20N2O6S/c1-3-27-15-5-4-6-17-19(15)23(12-18(24)26-2)21(30-17)22-20(25)13-7-8-14-16(11-13)29-10-9-28-14/h4-8,11H,3,9-10,12H2,1-2H3. The first-order valence-electron chi connectivity index (χ1n) is 9.41. The van der Waals surface area contributed by atoms with Crippen molar-refractivity contribution in [1.82, 2.24) is 4.57 Å². The lowest BCUT2D eigenvalue weighted by molar-refractivity contribution is -0.141. The molecule has 0 bridgehead atoms. The summed E-state index contributed by atoms with van der Waals surface area (Å²) in [6.45, 7) is 3.16. The fourth-order valence-electron chi connectivity index (χ4n) is 3.12. The predicted molar refractivity (Wildman–Crippen MR) is 110 cm³/mol. The molecule has 0 saturated carbocycles. The molecule has 156 valence electrons. The van der Waals surface area contributed by atoms with Gasteiger partial charge in [0.05, 0.1) is 18.4 Å². The van der Waals surface area contributed by atoms with Gasteiger partial charge in [0.2, 0.25) is 0 Å². The van der Waals surface area contributed by atoms with Gasteiger partial charge < -0.3 is 23.5 Å². The monoisotopic (exact) mass is 428 g/mol. The maximum atomic E-state index is 12.9. The van der Waals surface area contributed by atoms with Crippen LogP contribution in [0.4, 0.5) is 0 Å². The van der Waals surface area contributed by atoms with E-state index in [1.165, 1.54) is 18.4 Å². The van der Waals surface area contributed by atoms with Crippen LogP contribution in [-0.2, 0) is 16.1 Å². The van der Waals surface area contributed by atoms with Gasteiger partial charge >= 0.3 is 5.97 Å². The second kappa shape index (κ2) is 8.58. The topological polar surface area (TPSA) is 88.4 Å². The van der Waals surface area contributed by atoms with Gasteiger partial charge in [-0.3, -0.25) is 9.59 Å². The third-order valence-electron chi connectivity index (χ3n) is 4.47. The van der Waals surface area contributed by atoms with E-state index in [1.54, 1.807) is 22.8 Å². The zero-order valence-corrected chi connectivity index (χ0v) is 17.4. The first-order valence-corrected chi connectivity index (χ1v) is 10.2. The van der Waals surface area contributed by atoms with Crippen molar-refractivity contribution in [2.75, 3.05) is 26.9 Å². The number of benzene rings is 2. The van der Waals surface area contributed by atoms with E-state index in [2.05, 4.69) is 4.99 Å². The van der Waals surface area contributed by atoms with E-state index < -0.39 is 11.9 Å². The number of rotatable bonds is 5. The number of hydrogen-bond donors (Lipinski definition) is 0. The number of methoxy groups -OCH3 is 1. The van der Waals surface area contributed by atoms with Crippen molar-refractivity contribution in [2.45, 2.75) is 13.5 Å². The molecule has 3 aromatic rings. The van der Waals surface area contributed by atoms with Crippen LogP contribution in [0.25, 0.3) is 10.2 Å². The predicted octanol–water partition coefficient (Wildman–Crippen LogP) is 2.79. The van der Waals surface area contributed by atoms with Gasteiger partial charge in [0.1, 0.15) is 31.0 Å². The fourth-order valence-corrected chi connectivity index (χ4v) is 4.17. The average Bonchev–Trinajstić information content (AvgIpc) is 3.11. The minimum atomic E-state index is -0.450. The van der Waals surface area contributed by atoms with Gasteiger partial charge in [-0.15, -0.1) is 0 Å². The molecule has 2 heterocycles. The number of aromatic nitrogens is 1. The van der Waals surface area contributed by atoms with Crippen molar-refractivity contribution in [3.8, 4) is 17.2 Å². The Hall–Kier alpha value is -3.33. The molecule has 1 aliphatic rings. The Labute approximate surface area is 176 Å². The number of amides is 1. The summed E-state index contributed by atoms with van der Waals surface area (Å²) >= 11 is 1.30. The van der Waals surface area contributed by atoms with Crippen molar-refractivity contribution in [3.05, 3.63) is 46.8 Å². The first-order chi connectivity index (χ1) is 14.6. The van der Waals surface area contributed by atoms with E-state index in [9.17, 15) is 9.59 Å². The summed E-state index contributed by atoms with van der Waals surface area (Å²) in [7, 11) is 1.32. The minimum Gasteiger partial charge on any atom is -0.492 e. The molecule has 4 rings (SSSR count). The number of esters is 1. The van der Waals surface area contributed by atoms with E-state index >= 15 is 0 Å². The van der Waals surface area contributed by atoms with Gasteiger partial charge in [-0.1, -0.05) is 17.4 Å². The van der Waals surface area contributed by atoms with Crippen LogP contribution in [-0.4, -0.2) is 43.4 Å². The molecule has 0 N–H and O–H groups in total. The number of carbonyl (C=O) groups excluding carboxylic acids is 2. The van der Waals surface area contributed by atoms with Gasteiger partial charge in [-0.05, 0) is 37.3 Å². The van der Waals surface area contributed by atoms with Gasteiger partial charge in [0.15, 0.2) is 16.3 Å². The van der Waals surface area contributed by atoms with Crippen molar-refractivity contribution in [1.29, 1.82) is 0 Å². The summed E-state index contributed by atoms with van der Waals surface area (Å²) in [6.07, 6.45) is 0. The number of fused-ring (bicyclic) bond motifs is 2. The highest BCUT2D eigenvalue weighted by atomic mass is 32.1. The maximum Gasteiger partial charge on any atom is 0.325 e. The average molecular weight is 428 g/mol. The Bertz CT molecular complexity index is 1180. The molecule has 1 amide bonds. The van der Waals surface area contributed by atoms with E-state index in [0.29, 0.717) is 53.0 Å². The number of nitrogens with zero attached hydrogens (tertiary/aromatic N) is 2. The highest BCUT2D eigenvalue weighted by Gasteiger charge is 2.18. The Morgan fingerprint density at radius 3 is 2.73 bits per heavy atom. The van der Waals surface area contributed by atoms with Crippen LogP contribution in [0.3, 0.4) is 0 Å². The largest absolute Gasteiger partial charge is 0.492 e. The molecule has 9 heteroatoms. The molecular weight excluding hydrogens is 408 g/mol. The lowest BCUT2D eigenvalue weighted by Crippen LogP contribution is -2.22. The molecule has 0 unspecified atom stereocenters. The van der Waals surface area contributed by atoms with E-state index in [-0.39, 0.29) is 6.54 Å². The van der Waals surface area contributed by atoms with Crippen LogP contribution in [0, 0.1) is 0 Å². The number of hydrogen-bond acceptors (Lipinski definition) is 7. The molecular formula is C21H20N2O6S. The number of para-hydroxylation sites is 1. The molecule has 1 aliphatic heterocycles. The van der Waals surface area contributed by atoms with Crippen molar-refractivity contribution >= 4 is 33.4 Å². The molecule has 2 aromatic carbocycles. The lowest BCUT2D eigenvalue weighted by atomic mass is 10.2. The highest BCUT2D eigenvalue weighted by molar-refractivity contribution is 7.16.